The van der Waals surface area contributed by atoms with Crippen molar-refractivity contribution in [3.63, 3.8) is 0 Å². The molecular formula is C18H18Cl2N2O2S. The van der Waals surface area contributed by atoms with Crippen LogP contribution in [0.3, 0.4) is 0 Å². The van der Waals surface area contributed by atoms with Gasteiger partial charge in [-0.15, -0.1) is 11.8 Å². The number of halogens is 2. The van der Waals surface area contributed by atoms with Crippen molar-refractivity contribution >= 4 is 47.1 Å². The minimum atomic E-state index is -0.236. The van der Waals surface area contributed by atoms with Gasteiger partial charge in [0.2, 0.25) is 0 Å². The van der Waals surface area contributed by atoms with Gasteiger partial charge in [0.1, 0.15) is 0 Å². The monoisotopic (exact) mass is 396 g/mol. The molecule has 132 valence electrons. The Hall–Kier alpha value is -1.69. The van der Waals surface area contributed by atoms with E-state index in [4.69, 9.17) is 28.0 Å². The Morgan fingerprint density at radius 1 is 1.24 bits per heavy atom. The summed E-state index contributed by atoms with van der Waals surface area (Å²) >= 11 is 13.6. The zero-order chi connectivity index (χ0) is 18.1. The molecule has 0 radical (unpaired) electrons. The van der Waals surface area contributed by atoms with Crippen LogP contribution in [-0.2, 0) is 16.1 Å². The van der Waals surface area contributed by atoms with Crippen LogP contribution in [0.2, 0.25) is 10.0 Å². The first-order valence-corrected chi connectivity index (χ1v) is 9.56. The van der Waals surface area contributed by atoms with Crippen LogP contribution in [0.4, 0.5) is 0 Å². The fraction of sp³-hybridized carbons (Fsp3) is 0.222. The number of nitrogens with zero attached hydrogens (tertiary/aromatic N) is 1. The van der Waals surface area contributed by atoms with E-state index < -0.39 is 0 Å². The van der Waals surface area contributed by atoms with Gasteiger partial charge in [-0.25, -0.2) is 0 Å². The molecule has 0 aliphatic carbocycles. The number of carbonyl (C=O) groups excluding carboxylic acids is 1. The Bertz CT molecular complexity index is 736. The van der Waals surface area contributed by atoms with Crippen LogP contribution < -0.4 is 5.32 Å². The summed E-state index contributed by atoms with van der Waals surface area (Å²) in [6.45, 7) is 0.331. The van der Waals surface area contributed by atoms with E-state index in [0.29, 0.717) is 23.0 Å². The van der Waals surface area contributed by atoms with Crippen molar-refractivity contribution in [2.45, 2.75) is 11.3 Å². The third-order valence-electron chi connectivity index (χ3n) is 3.32. The predicted molar refractivity (Wildman–Crippen MR) is 105 cm³/mol. The van der Waals surface area contributed by atoms with E-state index in [1.807, 2.05) is 36.6 Å². The molecule has 7 heteroatoms. The lowest BCUT2D eigenvalue weighted by molar-refractivity contribution is -0.125. The molecule has 0 aliphatic rings. The molecule has 1 N–H and O–H groups in total. The van der Waals surface area contributed by atoms with E-state index in [0.717, 1.165) is 11.1 Å². The average molecular weight is 397 g/mol. The third kappa shape index (κ3) is 6.98. The van der Waals surface area contributed by atoms with Gasteiger partial charge in [0.05, 0.1) is 6.21 Å². The lowest BCUT2D eigenvalue weighted by Gasteiger charge is -2.06. The van der Waals surface area contributed by atoms with Crippen molar-refractivity contribution in [3.8, 4) is 0 Å². The number of oxime groups is 1. The van der Waals surface area contributed by atoms with Crippen molar-refractivity contribution in [2.75, 3.05) is 19.4 Å². The summed E-state index contributed by atoms with van der Waals surface area (Å²) in [6.07, 6.45) is 4.21. The highest BCUT2D eigenvalue weighted by Crippen LogP contribution is 2.21. The molecule has 4 nitrogen and oxygen atoms in total. The molecule has 0 bridgehead atoms. The number of nitrogens with one attached hydrogen (secondary N) is 1. The van der Waals surface area contributed by atoms with Gasteiger partial charge in [-0.05, 0) is 48.1 Å². The van der Waals surface area contributed by atoms with Crippen molar-refractivity contribution in [3.05, 3.63) is 63.6 Å². The Balaban J connectivity index is 1.67. The first kappa shape index (κ1) is 19.6. The largest absolute Gasteiger partial charge is 0.386 e. The maximum Gasteiger partial charge on any atom is 0.260 e. The summed E-state index contributed by atoms with van der Waals surface area (Å²) in [5.41, 5.74) is 1.84. The highest BCUT2D eigenvalue weighted by atomic mass is 35.5. The maximum atomic E-state index is 11.7. The van der Waals surface area contributed by atoms with Crippen LogP contribution in [0.5, 0.6) is 0 Å². The number of rotatable bonds is 8. The minimum absolute atomic E-state index is 0.131. The summed E-state index contributed by atoms with van der Waals surface area (Å²) in [4.78, 5) is 17.9. The maximum absolute atomic E-state index is 11.7. The number of hydrogen-bond donors (Lipinski definition) is 1. The summed E-state index contributed by atoms with van der Waals surface area (Å²) in [5, 5.41) is 7.74. The predicted octanol–water partition coefficient (Wildman–Crippen LogP) is 4.42. The van der Waals surface area contributed by atoms with Gasteiger partial charge in [-0.2, -0.15) is 0 Å². The highest BCUT2D eigenvalue weighted by molar-refractivity contribution is 7.98. The van der Waals surface area contributed by atoms with Crippen molar-refractivity contribution < 1.29 is 9.63 Å². The van der Waals surface area contributed by atoms with Gasteiger partial charge in [-0.3, -0.25) is 4.79 Å². The Labute approximate surface area is 161 Å². The second-order valence-electron chi connectivity index (χ2n) is 5.12. The average Bonchev–Trinajstić information content (AvgIpc) is 2.61. The number of carbonyl (C=O) groups is 1. The molecule has 25 heavy (non-hydrogen) atoms. The number of amides is 1. The van der Waals surface area contributed by atoms with Crippen molar-refractivity contribution in [2.24, 2.45) is 5.16 Å². The standard InChI is InChI=1S/C18H18Cl2N2O2S/c1-25-16-6-2-13(3-7-16)11-22-24-12-18(23)21-9-8-14-4-5-15(19)10-17(14)20/h2-7,10-11H,8-9,12H2,1H3,(H,21,23)/b22-11+. The Morgan fingerprint density at radius 2 is 2.00 bits per heavy atom. The van der Waals surface area contributed by atoms with Crippen LogP contribution in [0.1, 0.15) is 11.1 Å². The van der Waals surface area contributed by atoms with Crippen LogP contribution >= 0.6 is 35.0 Å². The van der Waals surface area contributed by atoms with Gasteiger partial charge in [0.25, 0.3) is 5.91 Å². The van der Waals surface area contributed by atoms with Crippen LogP contribution in [-0.4, -0.2) is 31.5 Å². The summed E-state index contributed by atoms with van der Waals surface area (Å²) < 4.78 is 0. The van der Waals surface area contributed by atoms with Gasteiger partial charge in [0.15, 0.2) is 6.61 Å². The molecule has 2 aromatic carbocycles. The first-order valence-electron chi connectivity index (χ1n) is 7.58. The molecular weight excluding hydrogens is 379 g/mol. The SMILES string of the molecule is CSc1ccc(/C=N/OCC(=O)NCCc2ccc(Cl)cc2Cl)cc1. The summed E-state index contributed by atoms with van der Waals surface area (Å²) in [7, 11) is 0. The van der Waals surface area contributed by atoms with Crippen molar-refractivity contribution in [1.82, 2.24) is 5.32 Å². The van der Waals surface area contributed by atoms with E-state index in [-0.39, 0.29) is 12.5 Å². The summed E-state index contributed by atoms with van der Waals surface area (Å²) in [6, 6.07) is 13.2. The highest BCUT2D eigenvalue weighted by Gasteiger charge is 2.04. The lowest BCUT2D eigenvalue weighted by atomic mass is 10.1. The minimum Gasteiger partial charge on any atom is -0.386 e. The third-order valence-corrected chi connectivity index (χ3v) is 4.65. The molecule has 0 aliphatic heterocycles. The number of hydrogen-bond acceptors (Lipinski definition) is 4. The molecule has 0 spiro atoms. The smallest absolute Gasteiger partial charge is 0.260 e. The van der Waals surface area contributed by atoms with E-state index >= 15 is 0 Å². The topological polar surface area (TPSA) is 50.7 Å². The molecule has 0 fully saturated rings. The fourth-order valence-electron chi connectivity index (χ4n) is 2.00. The Morgan fingerprint density at radius 3 is 2.68 bits per heavy atom. The molecule has 0 saturated carbocycles. The van der Waals surface area contributed by atoms with Gasteiger partial charge < -0.3 is 10.2 Å². The van der Waals surface area contributed by atoms with Crippen LogP contribution in [0.25, 0.3) is 0 Å². The molecule has 0 heterocycles. The molecule has 1 amide bonds. The lowest BCUT2D eigenvalue weighted by Crippen LogP contribution is -2.28. The molecule has 0 atom stereocenters. The van der Waals surface area contributed by atoms with E-state index in [1.54, 1.807) is 30.1 Å². The zero-order valence-electron chi connectivity index (χ0n) is 13.7. The number of benzene rings is 2. The van der Waals surface area contributed by atoms with E-state index in [9.17, 15) is 4.79 Å². The molecule has 0 saturated heterocycles. The number of thioether (sulfide) groups is 1. The zero-order valence-corrected chi connectivity index (χ0v) is 16.0. The molecule has 0 unspecified atom stereocenters. The van der Waals surface area contributed by atoms with Crippen LogP contribution in [0, 0.1) is 0 Å². The second kappa shape index (κ2) is 10.3. The second-order valence-corrected chi connectivity index (χ2v) is 6.84. The van der Waals surface area contributed by atoms with Gasteiger partial charge in [-0.1, -0.05) is 46.6 Å². The van der Waals surface area contributed by atoms with E-state index in [1.165, 1.54) is 4.90 Å². The summed E-state index contributed by atoms with van der Waals surface area (Å²) in [5.74, 6) is -0.236. The van der Waals surface area contributed by atoms with Gasteiger partial charge >= 0.3 is 0 Å². The van der Waals surface area contributed by atoms with E-state index in [2.05, 4.69) is 10.5 Å². The molecule has 2 rings (SSSR count). The fourth-order valence-corrected chi connectivity index (χ4v) is 2.91. The first-order chi connectivity index (χ1) is 12.1. The van der Waals surface area contributed by atoms with Crippen molar-refractivity contribution in [1.29, 1.82) is 0 Å². The van der Waals surface area contributed by atoms with Crippen LogP contribution in [0.15, 0.2) is 52.5 Å². The quantitative estimate of drug-likeness (QED) is 0.408. The molecule has 0 aromatic heterocycles. The Kier molecular flexibility index (Phi) is 8.12. The van der Waals surface area contributed by atoms with Gasteiger partial charge in [0, 0.05) is 21.5 Å². The molecule has 2 aromatic rings. The normalized spacial score (nSPS) is 10.8.